The number of rotatable bonds is 2. The van der Waals surface area contributed by atoms with Gasteiger partial charge in [0.15, 0.2) is 0 Å². The number of nitrogens with zero attached hydrogens (tertiary/aromatic N) is 1. The number of aromatic nitrogens is 1. The number of carbonyl (C=O) groups is 1. The largest absolute Gasteiger partial charge is 0.404 e. The molecule has 16 heavy (non-hydrogen) atoms. The third-order valence-electron chi connectivity index (χ3n) is 1.86. The first-order valence-corrected chi connectivity index (χ1v) is 4.93. The van der Waals surface area contributed by atoms with E-state index in [1.54, 1.807) is 30.3 Å². The Hall–Kier alpha value is -1.87. The molecule has 0 saturated heterocycles. The minimum absolute atomic E-state index is 0.224. The first-order chi connectivity index (χ1) is 7.75. The lowest BCUT2D eigenvalue weighted by molar-refractivity contribution is 0.0727. The molecule has 0 unspecified atom stereocenters. The van der Waals surface area contributed by atoms with Gasteiger partial charge in [0, 0.05) is 17.3 Å². The number of hydrogen-bond acceptors (Lipinski definition) is 3. The van der Waals surface area contributed by atoms with Gasteiger partial charge in [-0.15, -0.1) is 0 Å². The van der Waals surface area contributed by atoms with E-state index in [4.69, 9.17) is 16.3 Å². The molecule has 1 radical (unpaired) electrons. The summed E-state index contributed by atoms with van der Waals surface area (Å²) in [5, 5.41) is 0.572. The van der Waals surface area contributed by atoms with Crippen LogP contribution in [0.5, 0.6) is 5.88 Å². The number of esters is 1. The van der Waals surface area contributed by atoms with Gasteiger partial charge in [-0.05, 0) is 36.4 Å². The van der Waals surface area contributed by atoms with E-state index in [1.165, 1.54) is 12.3 Å². The molecule has 4 heteroatoms. The molecule has 0 atom stereocenters. The topological polar surface area (TPSA) is 39.2 Å². The summed E-state index contributed by atoms with van der Waals surface area (Å²) in [4.78, 5) is 15.5. The lowest BCUT2D eigenvalue weighted by atomic mass is 10.2. The van der Waals surface area contributed by atoms with Crippen LogP contribution in [-0.2, 0) is 0 Å². The fourth-order valence-corrected chi connectivity index (χ4v) is 1.23. The second-order valence-corrected chi connectivity index (χ2v) is 3.43. The van der Waals surface area contributed by atoms with Crippen molar-refractivity contribution in [2.75, 3.05) is 0 Å². The predicted octanol–water partition coefficient (Wildman–Crippen LogP) is 2.75. The molecule has 3 nitrogen and oxygen atoms in total. The Morgan fingerprint density at radius 3 is 2.69 bits per heavy atom. The molecule has 1 aromatic heterocycles. The number of halogens is 1. The SMILES string of the molecule is O=C(Oc1c[c]ccn1)c1ccc(Cl)cc1. The van der Waals surface area contributed by atoms with Gasteiger partial charge < -0.3 is 4.74 Å². The van der Waals surface area contributed by atoms with Crippen LogP contribution >= 0.6 is 11.6 Å². The van der Waals surface area contributed by atoms with E-state index in [9.17, 15) is 4.79 Å². The molecule has 0 N–H and O–H groups in total. The molecule has 1 heterocycles. The number of carbonyl (C=O) groups excluding carboxylic acids is 1. The van der Waals surface area contributed by atoms with Crippen LogP contribution in [0.4, 0.5) is 0 Å². The molecule has 0 aliphatic rings. The van der Waals surface area contributed by atoms with Crippen molar-refractivity contribution in [1.82, 2.24) is 4.98 Å². The van der Waals surface area contributed by atoms with Crippen molar-refractivity contribution in [2.24, 2.45) is 0 Å². The maximum atomic E-state index is 11.6. The van der Waals surface area contributed by atoms with Gasteiger partial charge >= 0.3 is 5.97 Å². The van der Waals surface area contributed by atoms with Gasteiger partial charge in [-0.2, -0.15) is 0 Å². The molecular weight excluding hydrogens is 226 g/mol. The summed E-state index contributed by atoms with van der Waals surface area (Å²) < 4.78 is 5.02. The van der Waals surface area contributed by atoms with Crippen LogP contribution < -0.4 is 4.74 Å². The molecule has 0 bridgehead atoms. The number of pyridine rings is 1. The molecule has 0 fully saturated rings. The van der Waals surface area contributed by atoms with E-state index in [1.807, 2.05) is 0 Å². The molecule has 0 aliphatic heterocycles. The Kier molecular flexibility index (Phi) is 3.17. The van der Waals surface area contributed by atoms with Crippen LogP contribution in [0.25, 0.3) is 0 Å². The molecule has 1 aromatic carbocycles. The lowest BCUT2D eigenvalue weighted by Crippen LogP contribution is -2.08. The van der Waals surface area contributed by atoms with Crippen LogP contribution in [0.1, 0.15) is 10.4 Å². The van der Waals surface area contributed by atoms with Crippen LogP contribution in [0.15, 0.2) is 42.6 Å². The van der Waals surface area contributed by atoms with Crippen molar-refractivity contribution in [2.45, 2.75) is 0 Å². The summed E-state index contributed by atoms with van der Waals surface area (Å²) >= 11 is 5.71. The summed E-state index contributed by atoms with van der Waals surface area (Å²) in [7, 11) is 0. The van der Waals surface area contributed by atoms with Gasteiger partial charge in [-0.1, -0.05) is 11.6 Å². The smallest absolute Gasteiger partial charge is 0.344 e. The summed E-state index contributed by atoms with van der Waals surface area (Å²) in [5.41, 5.74) is 0.426. The van der Waals surface area contributed by atoms with Gasteiger partial charge in [0.1, 0.15) is 0 Å². The van der Waals surface area contributed by atoms with Crippen LogP contribution in [0.3, 0.4) is 0 Å². The first-order valence-electron chi connectivity index (χ1n) is 4.55. The Labute approximate surface area is 97.7 Å². The van der Waals surface area contributed by atoms with Gasteiger partial charge in [0.05, 0.1) is 5.56 Å². The summed E-state index contributed by atoms with van der Waals surface area (Å²) in [6.45, 7) is 0. The fraction of sp³-hybridized carbons (Fsp3) is 0. The van der Waals surface area contributed by atoms with Gasteiger partial charge in [-0.25, -0.2) is 9.78 Å². The van der Waals surface area contributed by atoms with Crippen molar-refractivity contribution in [3.05, 3.63) is 59.2 Å². The Morgan fingerprint density at radius 1 is 1.31 bits per heavy atom. The summed E-state index contributed by atoms with van der Waals surface area (Å²) in [5.74, 6) is -0.244. The zero-order valence-electron chi connectivity index (χ0n) is 8.18. The third kappa shape index (κ3) is 2.58. The predicted molar refractivity (Wildman–Crippen MR) is 59.5 cm³/mol. The summed E-state index contributed by atoms with van der Waals surface area (Å²) in [6.07, 6.45) is 1.50. The van der Waals surface area contributed by atoms with E-state index in [0.717, 1.165) is 0 Å². The Bertz CT molecular complexity index is 482. The summed E-state index contributed by atoms with van der Waals surface area (Å²) in [6, 6.07) is 12.3. The highest BCUT2D eigenvalue weighted by atomic mass is 35.5. The average molecular weight is 233 g/mol. The molecular formula is C12H7ClNO2. The molecule has 0 saturated carbocycles. The maximum Gasteiger partial charge on any atom is 0.344 e. The quantitative estimate of drug-likeness (QED) is 0.748. The second kappa shape index (κ2) is 4.77. The highest BCUT2D eigenvalue weighted by Gasteiger charge is 2.08. The zero-order valence-corrected chi connectivity index (χ0v) is 8.94. The van der Waals surface area contributed by atoms with E-state index in [-0.39, 0.29) is 5.88 Å². The first kappa shape index (κ1) is 10.6. The molecule has 2 rings (SSSR count). The monoisotopic (exact) mass is 232 g/mol. The Balaban J connectivity index is 2.12. The standard InChI is InChI=1S/C12H7ClNO2/c13-10-6-4-9(5-7-10)12(15)16-11-3-1-2-8-14-11/h2-8H. The maximum absolute atomic E-state index is 11.6. The average Bonchev–Trinajstić information content (AvgIpc) is 2.31. The van der Waals surface area contributed by atoms with Crippen LogP contribution in [0, 0.1) is 6.07 Å². The molecule has 0 spiro atoms. The minimum atomic E-state index is -0.469. The minimum Gasteiger partial charge on any atom is -0.404 e. The van der Waals surface area contributed by atoms with Crippen molar-refractivity contribution in [3.8, 4) is 5.88 Å². The zero-order chi connectivity index (χ0) is 11.4. The van der Waals surface area contributed by atoms with Crippen LogP contribution in [0.2, 0.25) is 5.02 Å². The van der Waals surface area contributed by atoms with E-state index in [2.05, 4.69) is 11.1 Å². The van der Waals surface area contributed by atoms with Gasteiger partial charge in [-0.3, -0.25) is 0 Å². The van der Waals surface area contributed by atoms with Crippen molar-refractivity contribution in [3.63, 3.8) is 0 Å². The fourth-order valence-electron chi connectivity index (χ4n) is 1.11. The lowest BCUT2D eigenvalue weighted by Gasteiger charge is -2.02. The number of hydrogen-bond donors (Lipinski definition) is 0. The normalized spacial score (nSPS) is 9.81. The van der Waals surface area contributed by atoms with E-state index >= 15 is 0 Å². The number of ether oxygens (including phenoxy) is 1. The third-order valence-corrected chi connectivity index (χ3v) is 2.11. The second-order valence-electron chi connectivity index (χ2n) is 2.99. The molecule has 0 aliphatic carbocycles. The number of benzene rings is 1. The van der Waals surface area contributed by atoms with Crippen molar-refractivity contribution < 1.29 is 9.53 Å². The van der Waals surface area contributed by atoms with E-state index in [0.29, 0.717) is 10.6 Å². The Morgan fingerprint density at radius 2 is 2.06 bits per heavy atom. The van der Waals surface area contributed by atoms with Gasteiger partial charge in [0.25, 0.3) is 0 Å². The van der Waals surface area contributed by atoms with Crippen LogP contribution in [-0.4, -0.2) is 11.0 Å². The molecule has 79 valence electrons. The van der Waals surface area contributed by atoms with Crippen molar-refractivity contribution >= 4 is 17.6 Å². The molecule has 0 amide bonds. The highest BCUT2D eigenvalue weighted by molar-refractivity contribution is 6.30. The highest BCUT2D eigenvalue weighted by Crippen LogP contribution is 2.12. The molecule has 2 aromatic rings. The van der Waals surface area contributed by atoms with Crippen molar-refractivity contribution in [1.29, 1.82) is 0 Å². The van der Waals surface area contributed by atoms with E-state index < -0.39 is 5.97 Å². The van der Waals surface area contributed by atoms with Gasteiger partial charge in [0.2, 0.25) is 5.88 Å².